The van der Waals surface area contributed by atoms with E-state index in [9.17, 15) is 8.42 Å². The molecule has 22 heavy (non-hydrogen) atoms. The summed E-state index contributed by atoms with van der Waals surface area (Å²) >= 11 is 0. The summed E-state index contributed by atoms with van der Waals surface area (Å²) in [5.74, 6) is 0.305. The first-order valence-corrected chi connectivity index (χ1v) is 9.46. The van der Waals surface area contributed by atoms with Gasteiger partial charge in [-0.3, -0.25) is 9.58 Å². The SMILES string of the molecule is CCn1nc(C)c(S(=O)(=O)NC2CN(C(C)C)CC2C)c1C. The van der Waals surface area contributed by atoms with Crippen LogP contribution in [0.15, 0.2) is 4.90 Å². The number of nitrogens with zero attached hydrogens (tertiary/aromatic N) is 3. The molecule has 1 aliphatic heterocycles. The van der Waals surface area contributed by atoms with Crippen LogP contribution in [0.4, 0.5) is 0 Å². The third-order valence-electron chi connectivity index (χ3n) is 4.56. The molecule has 2 rings (SSSR count). The van der Waals surface area contributed by atoms with E-state index in [1.165, 1.54) is 0 Å². The largest absolute Gasteiger partial charge is 0.299 e. The van der Waals surface area contributed by atoms with E-state index in [4.69, 9.17) is 0 Å². The number of hydrogen-bond donors (Lipinski definition) is 1. The molecule has 0 aliphatic carbocycles. The summed E-state index contributed by atoms with van der Waals surface area (Å²) in [7, 11) is -3.54. The molecule has 1 aliphatic rings. The average molecular weight is 328 g/mol. The van der Waals surface area contributed by atoms with Crippen LogP contribution in [0.3, 0.4) is 0 Å². The lowest BCUT2D eigenvalue weighted by Crippen LogP contribution is -2.40. The second-order valence-corrected chi connectivity index (χ2v) is 8.22. The van der Waals surface area contributed by atoms with Crippen LogP contribution in [0, 0.1) is 19.8 Å². The molecule has 2 atom stereocenters. The van der Waals surface area contributed by atoms with E-state index in [0.29, 0.717) is 34.8 Å². The first-order chi connectivity index (χ1) is 10.2. The average Bonchev–Trinajstić information content (AvgIpc) is 2.90. The highest BCUT2D eigenvalue weighted by Gasteiger charge is 2.35. The molecule has 0 saturated carbocycles. The number of rotatable bonds is 5. The van der Waals surface area contributed by atoms with Crippen molar-refractivity contribution >= 4 is 10.0 Å². The number of sulfonamides is 1. The van der Waals surface area contributed by atoms with E-state index in [1.54, 1.807) is 11.6 Å². The van der Waals surface area contributed by atoms with E-state index >= 15 is 0 Å². The fourth-order valence-electron chi connectivity index (χ4n) is 3.21. The molecule has 7 heteroatoms. The highest BCUT2D eigenvalue weighted by Crippen LogP contribution is 2.24. The molecule has 2 unspecified atom stereocenters. The molecule has 1 saturated heterocycles. The molecule has 1 N–H and O–H groups in total. The second kappa shape index (κ2) is 6.29. The zero-order valence-corrected chi connectivity index (χ0v) is 15.2. The molecule has 0 spiro atoms. The van der Waals surface area contributed by atoms with E-state index in [1.807, 2.05) is 13.8 Å². The molecule has 126 valence electrons. The summed E-state index contributed by atoms with van der Waals surface area (Å²) in [4.78, 5) is 2.65. The molecular formula is C15H28N4O2S. The van der Waals surface area contributed by atoms with Gasteiger partial charge in [0.15, 0.2) is 0 Å². The standard InChI is InChI=1S/C15H28N4O2S/c1-7-19-13(6)15(12(5)16-19)22(20,21)17-14-9-18(10(2)3)8-11(14)4/h10-11,14,17H,7-9H2,1-6H3. The minimum atomic E-state index is -3.54. The minimum Gasteiger partial charge on any atom is -0.299 e. The summed E-state index contributed by atoms with van der Waals surface area (Å²) in [5, 5.41) is 4.32. The highest BCUT2D eigenvalue weighted by atomic mass is 32.2. The van der Waals surface area contributed by atoms with Crippen LogP contribution in [-0.2, 0) is 16.6 Å². The third kappa shape index (κ3) is 3.21. The zero-order valence-electron chi connectivity index (χ0n) is 14.4. The van der Waals surface area contributed by atoms with Gasteiger partial charge in [0, 0.05) is 31.7 Å². The minimum absolute atomic E-state index is 0.0452. The van der Waals surface area contributed by atoms with E-state index in [-0.39, 0.29) is 6.04 Å². The summed E-state index contributed by atoms with van der Waals surface area (Å²) < 4.78 is 30.2. The summed E-state index contributed by atoms with van der Waals surface area (Å²) in [5.41, 5.74) is 1.28. The van der Waals surface area contributed by atoms with Gasteiger partial charge in [-0.05, 0) is 40.5 Å². The molecule has 0 aromatic carbocycles. The Morgan fingerprint density at radius 2 is 1.95 bits per heavy atom. The predicted octanol–water partition coefficient (Wildman–Crippen LogP) is 1.53. The van der Waals surface area contributed by atoms with E-state index in [0.717, 1.165) is 13.1 Å². The van der Waals surface area contributed by atoms with Crippen molar-refractivity contribution in [1.82, 2.24) is 19.4 Å². The maximum atomic E-state index is 12.8. The Balaban J connectivity index is 2.24. The number of nitrogens with one attached hydrogen (secondary N) is 1. The zero-order chi connectivity index (χ0) is 16.7. The van der Waals surface area contributed by atoms with Gasteiger partial charge < -0.3 is 0 Å². The Morgan fingerprint density at radius 3 is 2.41 bits per heavy atom. The summed E-state index contributed by atoms with van der Waals surface area (Å²) in [6.07, 6.45) is 0. The number of likely N-dealkylation sites (tertiary alicyclic amines) is 1. The van der Waals surface area contributed by atoms with Crippen molar-refractivity contribution in [2.75, 3.05) is 13.1 Å². The third-order valence-corrected chi connectivity index (χ3v) is 6.30. The highest BCUT2D eigenvalue weighted by molar-refractivity contribution is 7.89. The van der Waals surface area contributed by atoms with Gasteiger partial charge in [-0.25, -0.2) is 13.1 Å². The molecule has 0 radical (unpaired) electrons. The number of hydrogen-bond acceptors (Lipinski definition) is 4. The lowest BCUT2D eigenvalue weighted by molar-refractivity contribution is 0.265. The number of aromatic nitrogens is 2. The molecular weight excluding hydrogens is 300 g/mol. The van der Waals surface area contributed by atoms with Crippen LogP contribution in [0.25, 0.3) is 0 Å². The van der Waals surface area contributed by atoms with E-state index < -0.39 is 10.0 Å². The van der Waals surface area contributed by atoms with Crippen molar-refractivity contribution in [1.29, 1.82) is 0 Å². The Bertz CT molecular complexity index is 636. The first kappa shape index (κ1) is 17.4. The van der Waals surface area contributed by atoms with Gasteiger partial charge in [-0.2, -0.15) is 5.10 Å². The summed E-state index contributed by atoms with van der Waals surface area (Å²) in [6.45, 7) is 14.3. The van der Waals surface area contributed by atoms with Gasteiger partial charge in [0.25, 0.3) is 0 Å². The van der Waals surface area contributed by atoms with Crippen LogP contribution >= 0.6 is 0 Å². The topological polar surface area (TPSA) is 67.2 Å². The predicted molar refractivity (Wildman–Crippen MR) is 87.4 cm³/mol. The van der Waals surface area contributed by atoms with Crippen LogP contribution in [-0.4, -0.2) is 48.3 Å². The Labute approximate surface area is 133 Å². The molecule has 1 aromatic heterocycles. The fraction of sp³-hybridized carbons (Fsp3) is 0.800. The van der Waals surface area contributed by atoms with Gasteiger partial charge in [0.1, 0.15) is 4.90 Å². The molecule has 6 nitrogen and oxygen atoms in total. The summed E-state index contributed by atoms with van der Waals surface area (Å²) in [6, 6.07) is 0.388. The Hall–Kier alpha value is -0.920. The second-order valence-electron chi connectivity index (χ2n) is 6.57. The van der Waals surface area contributed by atoms with Crippen molar-refractivity contribution in [3.8, 4) is 0 Å². The fourth-order valence-corrected chi connectivity index (χ4v) is 4.96. The molecule has 1 fully saturated rings. The van der Waals surface area contributed by atoms with Crippen molar-refractivity contribution in [3.05, 3.63) is 11.4 Å². The van der Waals surface area contributed by atoms with Gasteiger partial charge in [0.2, 0.25) is 10.0 Å². The quantitative estimate of drug-likeness (QED) is 0.890. The van der Waals surface area contributed by atoms with Gasteiger partial charge in [0.05, 0.1) is 11.4 Å². The monoisotopic (exact) mass is 328 g/mol. The molecule has 0 amide bonds. The first-order valence-electron chi connectivity index (χ1n) is 7.97. The van der Waals surface area contributed by atoms with Gasteiger partial charge >= 0.3 is 0 Å². The molecule has 0 bridgehead atoms. The molecule has 1 aromatic rings. The number of aryl methyl sites for hydroxylation is 2. The van der Waals surface area contributed by atoms with Crippen LogP contribution in [0.5, 0.6) is 0 Å². The van der Waals surface area contributed by atoms with Gasteiger partial charge in [-0.15, -0.1) is 0 Å². The molecule has 2 heterocycles. The lowest BCUT2D eigenvalue weighted by Gasteiger charge is -2.20. The lowest BCUT2D eigenvalue weighted by atomic mass is 10.1. The maximum Gasteiger partial charge on any atom is 0.244 e. The Kier molecular flexibility index (Phi) is 4.99. The van der Waals surface area contributed by atoms with E-state index in [2.05, 4.69) is 35.5 Å². The Morgan fingerprint density at radius 1 is 1.32 bits per heavy atom. The smallest absolute Gasteiger partial charge is 0.244 e. The van der Waals surface area contributed by atoms with Crippen LogP contribution < -0.4 is 4.72 Å². The van der Waals surface area contributed by atoms with Gasteiger partial charge in [-0.1, -0.05) is 6.92 Å². The van der Waals surface area contributed by atoms with Crippen molar-refractivity contribution in [2.24, 2.45) is 5.92 Å². The van der Waals surface area contributed by atoms with Crippen molar-refractivity contribution in [3.63, 3.8) is 0 Å². The van der Waals surface area contributed by atoms with Crippen molar-refractivity contribution < 1.29 is 8.42 Å². The van der Waals surface area contributed by atoms with Crippen LogP contribution in [0.2, 0.25) is 0 Å². The maximum absolute atomic E-state index is 12.8. The van der Waals surface area contributed by atoms with Crippen molar-refractivity contribution in [2.45, 2.75) is 65.1 Å². The van der Waals surface area contributed by atoms with Crippen LogP contribution in [0.1, 0.15) is 39.1 Å². The normalized spacial score (nSPS) is 23.6.